The molecule has 1 radical (unpaired) electrons. The average molecular weight is 213 g/mol. The summed E-state index contributed by atoms with van der Waals surface area (Å²) in [6, 6.07) is 0. The molecule has 0 saturated heterocycles. The molecule has 0 atom stereocenters. The molecular formula is C14H29O. The van der Waals surface area contributed by atoms with Crippen molar-refractivity contribution in [3.63, 3.8) is 0 Å². The fourth-order valence-electron chi connectivity index (χ4n) is 1.61. The van der Waals surface area contributed by atoms with Gasteiger partial charge in [0.2, 0.25) is 0 Å². The SMILES string of the molecule is [CH2]CCCCCCCCCOCCCC. The second-order valence-corrected chi connectivity index (χ2v) is 4.29. The standard InChI is InChI=1S/C14H29O/c1-3-5-7-8-9-10-11-12-14-15-13-6-4-2/h1,3-14H2,2H3. The van der Waals surface area contributed by atoms with Crippen LogP contribution in [0.2, 0.25) is 0 Å². The highest BCUT2D eigenvalue weighted by atomic mass is 16.5. The molecule has 0 aromatic rings. The first-order valence-corrected chi connectivity index (χ1v) is 6.78. The minimum atomic E-state index is 0.958. The molecule has 0 saturated carbocycles. The third-order valence-corrected chi connectivity index (χ3v) is 2.68. The lowest BCUT2D eigenvalue weighted by Gasteiger charge is -2.03. The maximum absolute atomic E-state index is 5.51. The summed E-state index contributed by atoms with van der Waals surface area (Å²) in [5.41, 5.74) is 0. The Morgan fingerprint density at radius 3 is 1.87 bits per heavy atom. The van der Waals surface area contributed by atoms with E-state index in [4.69, 9.17) is 4.74 Å². The van der Waals surface area contributed by atoms with Crippen LogP contribution in [0.4, 0.5) is 0 Å². The third-order valence-electron chi connectivity index (χ3n) is 2.68. The molecule has 1 nitrogen and oxygen atoms in total. The van der Waals surface area contributed by atoms with Gasteiger partial charge in [-0.1, -0.05) is 65.2 Å². The number of hydrogen-bond donors (Lipinski definition) is 0. The molecule has 0 unspecified atom stereocenters. The van der Waals surface area contributed by atoms with Crippen LogP contribution >= 0.6 is 0 Å². The Kier molecular flexibility index (Phi) is 13.9. The highest BCUT2D eigenvalue weighted by molar-refractivity contribution is 4.47. The molecule has 0 aliphatic rings. The van der Waals surface area contributed by atoms with Crippen molar-refractivity contribution >= 4 is 0 Å². The Hall–Kier alpha value is -0.0400. The van der Waals surface area contributed by atoms with Gasteiger partial charge in [0.05, 0.1) is 0 Å². The highest BCUT2D eigenvalue weighted by Crippen LogP contribution is 2.08. The summed E-state index contributed by atoms with van der Waals surface area (Å²) in [6.45, 7) is 7.98. The van der Waals surface area contributed by atoms with E-state index >= 15 is 0 Å². The van der Waals surface area contributed by atoms with Gasteiger partial charge in [0, 0.05) is 13.2 Å². The molecule has 0 aliphatic heterocycles. The Morgan fingerprint density at radius 1 is 0.733 bits per heavy atom. The van der Waals surface area contributed by atoms with Crippen molar-refractivity contribution in [1.82, 2.24) is 0 Å². The number of rotatable bonds is 12. The van der Waals surface area contributed by atoms with Crippen LogP contribution in [0.15, 0.2) is 0 Å². The first kappa shape index (κ1) is 15.0. The average Bonchev–Trinajstić information content (AvgIpc) is 2.26. The molecule has 0 N–H and O–H groups in total. The van der Waals surface area contributed by atoms with Crippen molar-refractivity contribution in [2.75, 3.05) is 13.2 Å². The molecule has 1 heteroatoms. The van der Waals surface area contributed by atoms with Crippen molar-refractivity contribution in [2.24, 2.45) is 0 Å². The summed E-state index contributed by atoms with van der Waals surface area (Å²) in [5, 5.41) is 0. The maximum atomic E-state index is 5.51. The van der Waals surface area contributed by atoms with E-state index in [1.165, 1.54) is 57.8 Å². The summed E-state index contributed by atoms with van der Waals surface area (Å²) in [7, 11) is 0. The minimum absolute atomic E-state index is 0.958. The van der Waals surface area contributed by atoms with Gasteiger partial charge in [-0.2, -0.15) is 0 Å². The molecule has 91 valence electrons. The monoisotopic (exact) mass is 213 g/mol. The molecule has 15 heavy (non-hydrogen) atoms. The lowest BCUT2D eigenvalue weighted by atomic mass is 10.1. The zero-order valence-electron chi connectivity index (χ0n) is 10.6. The van der Waals surface area contributed by atoms with E-state index in [-0.39, 0.29) is 0 Å². The maximum Gasteiger partial charge on any atom is 0.0466 e. The van der Waals surface area contributed by atoms with Crippen LogP contribution in [-0.2, 0) is 4.74 Å². The van der Waals surface area contributed by atoms with Gasteiger partial charge in [-0.15, -0.1) is 0 Å². The molecular weight excluding hydrogens is 184 g/mol. The third kappa shape index (κ3) is 14.0. The highest BCUT2D eigenvalue weighted by Gasteiger charge is 1.92. The summed E-state index contributed by atoms with van der Waals surface area (Å²) < 4.78 is 5.51. The van der Waals surface area contributed by atoms with Gasteiger partial charge in [0.25, 0.3) is 0 Å². The Labute approximate surface area is 96.6 Å². The quantitative estimate of drug-likeness (QED) is 0.425. The molecule has 0 spiro atoms. The lowest BCUT2D eigenvalue weighted by Crippen LogP contribution is -1.96. The second kappa shape index (κ2) is 14.0. The number of hydrogen-bond acceptors (Lipinski definition) is 1. The fourth-order valence-corrected chi connectivity index (χ4v) is 1.61. The predicted octanol–water partition coefficient (Wildman–Crippen LogP) is 4.76. The van der Waals surface area contributed by atoms with Crippen LogP contribution in [0.5, 0.6) is 0 Å². The van der Waals surface area contributed by atoms with E-state index in [1.54, 1.807) is 0 Å². The van der Waals surface area contributed by atoms with Crippen LogP contribution < -0.4 is 0 Å². The first-order valence-electron chi connectivity index (χ1n) is 6.78. The minimum Gasteiger partial charge on any atom is -0.381 e. The normalized spacial score (nSPS) is 10.8. The van der Waals surface area contributed by atoms with Gasteiger partial charge in [0.1, 0.15) is 0 Å². The van der Waals surface area contributed by atoms with Crippen LogP contribution in [0.1, 0.15) is 71.1 Å². The molecule has 0 heterocycles. The van der Waals surface area contributed by atoms with Gasteiger partial charge in [-0.25, -0.2) is 0 Å². The van der Waals surface area contributed by atoms with Gasteiger partial charge < -0.3 is 4.74 Å². The molecule has 0 aromatic heterocycles. The van der Waals surface area contributed by atoms with E-state index in [9.17, 15) is 0 Å². The van der Waals surface area contributed by atoms with E-state index in [0.717, 1.165) is 19.6 Å². The molecule has 0 rings (SSSR count). The van der Waals surface area contributed by atoms with Gasteiger partial charge in [-0.3, -0.25) is 0 Å². The van der Waals surface area contributed by atoms with Crippen molar-refractivity contribution < 1.29 is 4.74 Å². The molecule has 0 aliphatic carbocycles. The second-order valence-electron chi connectivity index (χ2n) is 4.29. The van der Waals surface area contributed by atoms with Crippen LogP contribution in [0.3, 0.4) is 0 Å². The van der Waals surface area contributed by atoms with Gasteiger partial charge in [-0.05, 0) is 12.8 Å². The van der Waals surface area contributed by atoms with Crippen LogP contribution in [-0.4, -0.2) is 13.2 Å². The topological polar surface area (TPSA) is 9.23 Å². The molecule has 0 bridgehead atoms. The van der Waals surface area contributed by atoms with Gasteiger partial charge >= 0.3 is 0 Å². The molecule has 0 amide bonds. The number of unbranched alkanes of at least 4 members (excludes halogenated alkanes) is 8. The van der Waals surface area contributed by atoms with E-state index in [2.05, 4.69) is 13.8 Å². The van der Waals surface area contributed by atoms with Crippen molar-refractivity contribution in [1.29, 1.82) is 0 Å². The fraction of sp³-hybridized carbons (Fsp3) is 0.929. The van der Waals surface area contributed by atoms with Crippen molar-refractivity contribution in [2.45, 2.75) is 71.1 Å². The Balaban J connectivity index is 2.81. The Bertz CT molecular complexity index is 89.5. The lowest BCUT2D eigenvalue weighted by molar-refractivity contribution is 0.127. The summed E-state index contributed by atoms with van der Waals surface area (Å²) >= 11 is 0. The summed E-state index contributed by atoms with van der Waals surface area (Å²) in [4.78, 5) is 0. The van der Waals surface area contributed by atoms with Gasteiger partial charge in [0.15, 0.2) is 0 Å². The van der Waals surface area contributed by atoms with Crippen molar-refractivity contribution in [3.8, 4) is 0 Å². The summed E-state index contributed by atoms with van der Waals surface area (Å²) in [5.74, 6) is 0. The van der Waals surface area contributed by atoms with Crippen LogP contribution in [0, 0.1) is 6.92 Å². The van der Waals surface area contributed by atoms with Crippen molar-refractivity contribution in [3.05, 3.63) is 6.92 Å². The van der Waals surface area contributed by atoms with Crippen LogP contribution in [0.25, 0.3) is 0 Å². The smallest absolute Gasteiger partial charge is 0.0466 e. The number of ether oxygens (including phenoxy) is 1. The molecule has 0 fully saturated rings. The van der Waals surface area contributed by atoms with E-state index < -0.39 is 0 Å². The summed E-state index contributed by atoms with van der Waals surface area (Å²) in [6.07, 6.45) is 13.0. The van der Waals surface area contributed by atoms with E-state index in [0.29, 0.717) is 0 Å². The Morgan fingerprint density at radius 2 is 1.27 bits per heavy atom. The largest absolute Gasteiger partial charge is 0.381 e. The predicted molar refractivity (Wildman–Crippen MR) is 68.0 cm³/mol. The first-order chi connectivity index (χ1) is 7.41. The molecule has 0 aromatic carbocycles. The van der Waals surface area contributed by atoms with E-state index in [1.807, 2.05) is 0 Å². The zero-order chi connectivity index (χ0) is 11.2. The zero-order valence-corrected chi connectivity index (χ0v) is 10.6.